The van der Waals surface area contributed by atoms with E-state index in [-0.39, 0.29) is 36.9 Å². The molecule has 3 atom stereocenters. The number of aromatic nitrogens is 2. The van der Waals surface area contributed by atoms with Gasteiger partial charge in [-0.15, -0.1) is 0 Å². The maximum absolute atomic E-state index is 13.8. The molecule has 2 bridgehead atoms. The molecule has 1 aliphatic heterocycles. The SMILES string of the molecule is C.CCC(NC(=O)c1c(O)c2ccccc2n(Cc2ccccn2)c1=O)N1CCC2(c3ccccc3)CCCC1C2. The predicted molar refractivity (Wildman–Crippen MR) is 163 cm³/mol. The van der Waals surface area contributed by atoms with E-state index < -0.39 is 11.5 Å². The normalized spacial score (nSPS) is 21.1. The first-order valence-electron chi connectivity index (χ1n) is 14.4. The van der Waals surface area contributed by atoms with Crippen molar-refractivity contribution in [2.24, 2.45) is 0 Å². The number of pyridine rings is 2. The molecule has 2 fully saturated rings. The van der Waals surface area contributed by atoms with Gasteiger partial charge in [-0.1, -0.05) is 69.3 Å². The van der Waals surface area contributed by atoms with E-state index in [0.717, 1.165) is 32.2 Å². The van der Waals surface area contributed by atoms with Crippen LogP contribution < -0.4 is 10.9 Å². The van der Waals surface area contributed by atoms with Gasteiger partial charge in [0, 0.05) is 24.2 Å². The number of nitrogens with one attached hydrogen (secondary N) is 1. The fourth-order valence-corrected chi connectivity index (χ4v) is 7.02. The lowest BCUT2D eigenvalue weighted by Gasteiger charge is -2.53. The summed E-state index contributed by atoms with van der Waals surface area (Å²) in [5.41, 5.74) is 2.14. The minimum Gasteiger partial charge on any atom is -0.506 e. The van der Waals surface area contributed by atoms with Crippen molar-refractivity contribution in [2.75, 3.05) is 6.54 Å². The molecule has 0 spiro atoms. The topological polar surface area (TPSA) is 87.5 Å². The van der Waals surface area contributed by atoms with E-state index in [1.165, 1.54) is 16.6 Å². The zero-order valence-corrected chi connectivity index (χ0v) is 22.9. The molecule has 1 aliphatic carbocycles. The van der Waals surface area contributed by atoms with Crippen LogP contribution in [0.15, 0.2) is 83.8 Å². The fourth-order valence-electron chi connectivity index (χ4n) is 7.02. The van der Waals surface area contributed by atoms with Crippen molar-refractivity contribution in [1.82, 2.24) is 19.8 Å². The molecule has 4 aromatic rings. The van der Waals surface area contributed by atoms with Crippen LogP contribution in [0.1, 0.15) is 74.5 Å². The van der Waals surface area contributed by atoms with E-state index in [1.807, 2.05) is 24.3 Å². The third-order valence-electron chi connectivity index (χ3n) is 9.03. The molecule has 2 aromatic carbocycles. The Hall–Kier alpha value is -3.97. The van der Waals surface area contributed by atoms with E-state index in [1.54, 1.807) is 24.4 Å². The van der Waals surface area contributed by atoms with Gasteiger partial charge in [-0.2, -0.15) is 0 Å². The second-order valence-electron chi connectivity index (χ2n) is 11.2. The number of carbonyl (C=O) groups is 1. The number of fused-ring (bicyclic) bond motifs is 3. The number of rotatable bonds is 7. The summed E-state index contributed by atoms with van der Waals surface area (Å²) < 4.78 is 1.53. The highest BCUT2D eigenvalue weighted by atomic mass is 16.3. The molecule has 214 valence electrons. The Balaban J connectivity index is 0.00000337. The van der Waals surface area contributed by atoms with Crippen LogP contribution in [0.4, 0.5) is 0 Å². The van der Waals surface area contributed by atoms with Gasteiger partial charge in [0.05, 0.1) is 23.9 Å². The molecule has 2 N–H and O–H groups in total. The molecule has 1 saturated carbocycles. The molecule has 1 saturated heterocycles. The largest absolute Gasteiger partial charge is 0.506 e. The van der Waals surface area contributed by atoms with Gasteiger partial charge in [-0.3, -0.25) is 19.5 Å². The van der Waals surface area contributed by atoms with Crippen LogP contribution in [0.2, 0.25) is 0 Å². The van der Waals surface area contributed by atoms with Gasteiger partial charge in [-0.25, -0.2) is 0 Å². The molecule has 2 aromatic heterocycles. The standard InChI is InChI=1S/C33H36N4O3.CH4/c1-2-28(36-20-18-33(17-10-14-25(36)21-33)23-11-4-3-5-12-23)35-31(39)29-30(38)26-15-6-7-16-27(26)37(32(29)40)22-24-13-8-9-19-34-24;/h3-9,11-13,15-16,19,25,28,38H,2,10,14,17-18,20-22H2,1H3,(H,35,39);1H4. The van der Waals surface area contributed by atoms with Crippen LogP contribution in [0, 0.1) is 0 Å². The lowest BCUT2D eigenvalue weighted by atomic mass is 9.63. The summed E-state index contributed by atoms with van der Waals surface area (Å²) in [6, 6.07) is 23.9. The van der Waals surface area contributed by atoms with Crippen LogP contribution >= 0.6 is 0 Å². The van der Waals surface area contributed by atoms with Gasteiger partial charge in [0.1, 0.15) is 11.3 Å². The van der Waals surface area contributed by atoms with Crippen molar-refractivity contribution in [3.8, 4) is 5.75 Å². The van der Waals surface area contributed by atoms with Crippen LogP contribution in [0.5, 0.6) is 5.75 Å². The maximum atomic E-state index is 13.8. The van der Waals surface area contributed by atoms with Crippen LogP contribution in [0.25, 0.3) is 10.9 Å². The molecule has 1 amide bonds. The summed E-state index contributed by atoms with van der Waals surface area (Å²) in [4.78, 5) is 34.3. The van der Waals surface area contributed by atoms with Gasteiger partial charge in [0.15, 0.2) is 0 Å². The summed E-state index contributed by atoms with van der Waals surface area (Å²) in [5.74, 6) is -0.810. The van der Waals surface area contributed by atoms with Gasteiger partial charge in [0.2, 0.25) is 0 Å². The monoisotopic (exact) mass is 552 g/mol. The van der Waals surface area contributed by atoms with Crippen molar-refractivity contribution >= 4 is 16.8 Å². The maximum Gasteiger partial charge on any atom is 0.268 e. The molecular formula is C34H40N4O3. The third kappa shape index (κ3) is 5.26. The quantitative estimate of drug-likeness (QED) is 0.301. The number of amides is 1. The van der Waals surface area contributed by atoms with Crippen molar-refractivity contribution in [3.63, 3.8) is 0 Å². The highest BCUT2D eigenvalue weighted by Gasteiger charge is 2.45. The van der Waals surface area contributed by atoms with Crippen molar-refractivity contribution < 1.29 is 9.90 Å². The summed E-state index contributed by atoms with van der Waals surface area (Å²) in [5, 5.41) is 14.8. The summed E-state index contributed by atoms with van der Waals surface area (Å²) in [7, 11) is 0. The van der Waals surface area contributed by atoms with Crippen molar-refractivity contribution in [1.29, 1.82) is 0 Å². The number of para-hydroxylation sites is 1. The van der Waals surface area contributed by atoms with E-state index in [2.05, 4.69) is 52.5 Å². The highest BCUT2D eigenvalue weighted by molar-refractivity contribution is 6.02. The molecule has 7 heteroatoms. The molecular weight excluding hydrogens is 512 g/mol. The number of hydrogen-bond donors (Lipinski definition) is 2. The highest BCUT2D eigenvalue weighted by Crippen LogP contribution is 2.47. The zero-order valence-electron chi connectivity index (χ0n) is 22.9. The summed E-state index contributed by atoms with van der Waals surface area (Å²) in [6.45, 7) is 3.14. The number of piperidine rings is 1. The number of aromatic hydroxyl groups is 1. The van der Waals surface area contributed by atoms with E-state index in [9.17, 15) is 14.7 Å². The predicted octanol–water partition coefficient (Wildman–Crippen LogP) is 5.84. The molecule has 2 aliphatic rings. The molecule has 0 radical (unpaired) electrons. The first kappa shape index (κ1) is 28.6. The number of likely N-dealkylation sites (tertiary alicyclic amines) is 1. The first-order valence-corrected chi connectivity index (χ1v) is 14.4. The van der Waals surface area contributed by atoms with Crippen LogP contribution in [-0.4, -0.2) is 44.2 Å². The smallest absolute Gasteiger partial charge is 0.268 e. The van der Waals surface area contributed by atoms with Crippen molar-refractivity contribution in [3.05, 3.63) is 106 Å². The minimum absolute atomic E-state index is 0. The minimum atomic E-state index is -0.537. The lowest BCUT2D eigenvalue weighted by molar-refractivity contribution is 0.00803. The molecule has 3 heterocycles. The second-order valence-corrected chi connectivity index (χ2v) is 11.2. The lowest BCUT2D eigenvalue weighted by Crippen LogP contribution is -2.59. The van der Waals surface area contributed by atoms with Crippen LogP contribution in [-0.2, 0) is 12.0 Å². The molecule has 41 heavy (non-hydrogen) atoms. The third-order valence-corrected chi connectivity index (χ3v) is 9.03. The first-order chi connectivity index (χ1) is 19.5. The van der Waals surface area contributed by atoms with Gasteiger partial charge in [-0.05, 0) is 67.3 Å². The Bertz CT molecular complexity index is 1570. The number of nitrogens with zero attached hydrogens (tertiary/aromatic N) is 3. The van der Waals surface area contributed by atoms with Crippen LogP contribution in [0.3, 0.4) is 0 Å². The summed E-state index contributed by atoms with van der Waals surface area (Å²) >= 11 is 0. The van der Waals surface area contributed by atoms with Gasteiger partial charge < -0.3 is 15.0 Å². The molecule has 7 nitrogen and oxygen atoms in total. The Morgan fingerprint density at radius 3 is 2.59 bits per heavy atom. The molecule has 6 rings (SSSR count). The summed E-state index contributed by atoms with van der Waals surface area (Å²) in [6.07, 6.45) is 7.72. The van der Waals surface area contributed by atoms with Crippen molar-refractivity contribution in [2.45, 2.75) is 77.0 Å². The van der Waals surface area contributed by atoms with E-state index in [4.69, 9.17) is 0 Å². The van der Waals surface area contributed by atoms with Gasteiger partial charge in [0.25, 0.3) is 11.5 Å². The Morgan fingerprint density at radius 2 is 1.83 bits per heavy atom. The Kier molecular flexibility index (Phi) is 8.27. The number of carbonyl (C=O) groups excluding carboxylic acids is 1. The average Bonchev–Trinajstić information content (AvgIpc) is 2.99. The van der Waals surface area contributed by atoms with Gasteiger partial charge >= 0.3 is 0 Å². The van der Waals surface area contributed by atoms with E-state index in [0.29, 0.717) is 29.1 Å². The number of hydrogen-bond acceptors (Lipinski definition) is 5. The average molecular weight is 553 g/mol. The Labute approximate surface area is 241 Å². The Morgan fingerprint density at radius 1 is 1.07 bits per heavy atom. The van der Waals surface area contributed by atoms with E-state index >= 15 is 0 Å². The zero-order chi connectivity index (χ0) is 27.7. The second kappa shape index (κ2) is 11.9. The number of benzene rings is 2. The fraction of sp³-hybridized carbons (Fsp3) is 0.382. The molecule has 3 unspecified atom stereocenters.